The zero-order valence-corrected chi connectivity index (χ0v) is 9.11. The highest BCUT2D eigenvalue weighted by Crippen LogP contribution is 2.26. The SMILES string of the molecule is O=C(NC(=O)C1CCC1)NC1C=CCC=C1. The Morgan fingerprint density at radius 2 is 1.81 bits per heavy atom. The number of hydrogen-bond acceptors (Lipinski definition) is 2. The lowest BCUT2D eigenvalue weighted by molar-refractivity contribution is -0.126. The van der Waals surface area contributed by atoms with Crippen LogP contribution in [0.1, 0.15) is 25.7 Å². The van der Waals surface area contributed by atoms with Gasteiger partial charge in [0, 0.05) is 5.92 Å². The third-order valence-corrected chi connectivity index (χ3v) is 2.97. The lowest BCUT2D eigenvalue weighted by Crippen LogP contribution is -2.46. The van der Waals surface area contributed by atoms with Gasteiger partial charge >= 0.3 is 6.03 Å². The Labute approximate surface area is 94.8 Å². The van der Waals surface area contributed by atoms with Crippen LogP contribution in [0.5, 0.6) is 0 Å². The van der Waals surface area contributed by atoms with E-state index in [0.29, 0.717) is 0 Å². The summed E-state index contributed by atoms with van der Waals surface area (Å²) in [6.07, 6.45) is 11.6. The molecular formula is C12H16N2O2. The van der Waals surface area contributed by atoms with Gasteiger partial charge in [-0.1, -0.05) is 30.7 Å². The van der Waals surface area contributed by atoms with Crippen LogP contribution in [-0.4, -0.2) is 18.0 Å². The van der Waals surface area contributed by atoms with E-state index < -0.39 is 6.03 Å². The van der Waals surface area contributed by atoms with Crippen molar-refractivity contribution in [1.29, 1.82) is 0 Å². The molecule has 0 atom stereocenters. The number of nitrogens with one attached hydrogen (secondary N) is 2. The molecule has 2 aliphatic carbocycles. The van der Waals surface area contributed by atoms with E-state index >= 15 is 0 Å². The number of urea groups is 1. The number of carbonyl (C=O) groups excluding carboxylic acids is 2. The first kappa shape index (κ1) is 10.9. The molecule has 4 heteroatoms. The molecule has 2 N–H and O–H groups in total. The van der Waals surface area contributed by atoms with Gasteiger partial charge < -0.3 is 5.32 Å². The normalized spacial score (nSPS) is 20.2. The van der Waals surface area contributed by atoms with E-state index in [0.717, 1.165) is 25.7 Å². The summed E-state index contributed by atoms with van der Waals surface area (Å²) in [5.74, 6) is -0.101. The second-order valence-corrected chi connectivity index (χ2v) is 4.21. The summed E-state index contributed by atoms with van der Waals surface area (Å²) in [6, 6.07) is -0.499. The van der Waals surface area contributed by atoms with Gasteiger partial charge in [-0.2, -0.15) is 0 Å². The highest BCUT2D eigenvalue weighted by molar-refractivity contribution is 5.96. The first-order valence-electron chi connectivity index (χ1n) is 5.70. The van der Waals surface area contributed by atoms with E-state index in [2.05, 4.69) is 10.6 Å². The van der Waals surface area contributed by atoms with E-state index in [1.807, 2.05) is 24.3 Å². The number of hydrogen-bond donors (Lipinski definition) is 2. The molecule has 0 spiro atoms. The highest BCUT2D eigenvalue weighted by Gasteiger charge is 2.26. The van der Waals surface area contributed by atoms with Crippen LogP contribution in [-0.2, 0) is 4.79 Å². The molecule has 0 aromatic rings. The monoisotopic (exact) mass is 220 g/mol. The third kappa shape index (κ3) is 2.72. The second kappa shape index (κ2) is 4.96. The molecule has 1 saturated carbocycles. The maximum atomic E-state index is 11.5. The first-order valence-corrected chi connectivity index (χ1v) is 5.70. The van der Waals surface area contributed by atoms with E-state index in [1.54, 1.807) is 0 Å². The van der Waals surface area contributed by atoms with Gasteiger partial charge in [0.2, 0.25) is 5.91 Å². The maximum Gasteiger partial charge on any atom is 0.322 e. The van der Waals surface area contributed by atoms with Crippen LogP contribution in [0, 0.1) is 5.92 Å². The Hall–Kier alpha value is -1.58. The Balaban J connectivity index is 1.74. The molecule has 1 fully saturated rings. The Kier molecular flexibility index (Phi) is 3.39. The smallest absolute Gasteiger partial charge is 0.322 e. The van der Waals surface area contributed by atoms with Gasteiger partial charge in [0.1, 0.15) is 0 Å². The number of imide groups is 1. The lowest BCUT2D eigenvalue weighted by Gasteiger charge is -2.24. The summed E-state index contributed by atoms with van der Waals surface area (Å²) in [5, 5.41) is 5.08. The molecule has 0 radical (unpaired) electrons. The predicted molar refractivity (Wildman–Crippen MR) is 60.7 cm³/mol. The van der Waals surface area contributed by atoms with Crippen molar-refractivity contribution < 1.29 is 9.59 Å². The fraction of sp³-hybridized carbons (Fsp3) is 0.500. The quantitative estimate of drug-likeness (QED) is 0.693. The van der Waals surface area contributed by atoms with Crippen molar-refractivity contribution in [3.8, 4) is 0 Å². The Bertz CT molecular complexity index is 331. The Morgan fingerprint density at radius 3 is 2.38 bits per heavy atom. The molecule has 0 bridgehead atoms. The average Bonchev–Trinajstić information content (AvgIpc) is 2.15. The summed E-state index contributed by atoms with van der Waals surface area (Å²) in [6.45, 7) is 0. The number of amides is 3. The molecule has 16 heavy (non-hydrogen) atoms. The third-order valence-electron chi connectivity index (χ3n) is 2.97. The molecule has 4 nitrogen and oxygen atoms in total. The molecule has 0 saturated heterocycles. The van der Waals surface area contributed by atoms with Crippen molar-refractivity contribution in [2.45, 2.75) is 31.7 Å². The first-order chi connectivity index (χ1) is 7.75. The minimum Gasteiger partial charge on any atom is -0.328 e. The molecule has 3 amide bonds. The summed E-state index contributed by atoms with van der Waals surface area (Å²) in [4.78, 5) is 22.9. The van der Waals surface area contributed by atoms with E-state index in [1.165, 1.54) is 0 Å². The van der Waals surface area contributed by atoms with E-state index in [4.69, 9.17) is 0 Å². The molecule has 0 unspecified atom stereocenters. The molecular weight excluding hydrogens is 204 g/mol. The average molecular weight is 220 g/mol. The lowest BCUT2D eigenvalue weighted by atomic mass is 9.85. The van der Waals surface area contributed by atoms with Crippen LogP contribution < -0.4 is 10.6 Å². The van der Waals surface area contributed by atoms with Crippen molar-refractivity contribution >= 4 is 11.9 Å². The van der Waals surface area contributed by atoms with Gasteiger partial charge in [-0.05, 0) is 19.3 Å². The van der Waals surface area contributed by atoms with Crippen molar-refractivity contribution in [3.63, 3.8) is 0 Å². The number of carbonyl (C=O) groups is 2. The number of rotatable bonds is 2. The summed E-state index contributed by atoms with van der Waals surface area (Å²) < 4.78 is 0. The minimum atomic E-state index is -0.405. The van der Waals surface area contributed by atoms with Crippen LogP contribution in [0.3, 0.4) is 0 Å². The van der Waals surface area contributed by atoms with Crippen molar-refractivity contribution in [3.05, 3.63) is 24.3 Å². The Morgan fingerprint density at radius 1 is 1.12 bits per heavy atom. The van der Waals surface area contributed by atoms with Gasteiger partial charge in [-0.15, -0.1) is 0 Å². The largest absolute Gasteiger partial charge is 0.328 e. The zero-order valence-electron chi connectivity index (χ0n) is 9.11. The van der Waals surface area contributed by atoms with Crippen LogP contribution >= 0.6 is 0 Å². The molecule has 0 aromatic carbocycles. The maximum absolute atomic E-state index is 11.5. The fourth-order valence-corrected chi connectivity index (χ4v) is 1.76. The number of allylic oxidation sites excluding steroid dienone is 2. The van der Waals surface area contributed by atoms with Gasteiger partial charge in [-0.3, -0.25) is 10.1 Å². The van der Waals surface area contributed by atoms with Gasteiger partial charge in [0.05, 0.1) is 6.04 Å². The fourth-order valence-electron chi connectivity index (χ4n) is 1.76. The highest BCUT2D eigenvalue weighted by atomic mass is 16.2. The topological polar surface area (TPSA) is 58.2 Å². The standard InChI is InChI=1S/C12H16N2O2/c15-11(9-5-4-6-9)14-12(16)13-10-7-2-1-3-8-10/h2-3,7-10H,1,4-6H2,(H2,13,14,15,16). The minimum absolute atomic E-state index is 0.0446. The van der Waals surface area contributed by atoms with E-state index in [-0.39, 0.29) is 17.9 Å². The molecule has 0 aliphatic heterocycles. The molecule has 86 valence electrons. The molecule has 2 rings (SSSR count). The van der Waals surface area contributed by atoms with E-state index in [9.17, 15) is 9.59 Å². The van der Waals surface area contributed by atoms with Gasteiger partial charge in [0.15, 0.2) is 0 Å². The second-order valence-electron chi connectivity index (χ2n) is 4.21. The van der Waals surface area contributed by atoms with Gasteiger partial charge in [-0.25, -0.2) is 4.79 Å². The zero-order chi connectivity index (χ0) is 11.4. The van der Waals surface area contributed by atoms with Crippen molar-refractivity contribution in [1.82, 2.24) is 10.6 Å². The molecule has 0 aromatic heterocycles. The molecule has 2 aliphatic rings. The molecule has 0 heterocycles. The van der Waals surface area contributed by atoms with Crippen LogP contribution in [0.4, 0.5) is 4.79 Å². The summed E-state index contributed by atoms with van der Waals surface area (Å²) in [7, 11) is 0. The van der Waals surface area contributed by atoms with Crippen LogP contribution in [0.25, 0.3) is 0 Å². The predicted octanol–water partition coefficient (Wildman–Crippen LogP) is 1.50. The van der Waals surface area contributed by atoms with Crippen LogP contribution in [0.2, 0.25) is 0 Å². The summed E-state index contributed by atoms with van der Waals surface area (Å²) in [5.41, 5.74) is 0. The van der Waals surface area contributed by atoms with Crippen molar-refractivity contribution in [2.24, 2.45) is 5.92 Å². The summed E-state index contributed by atoms with van der Waals surface area (Å²) >= 11 is 0. The van der Waals surface area contributed by atoms with Crippen molar-refractivity contribution in [2.75, 3.05) is 0 Å². The van der Waals surface area contributed by atoms with Gasteiger partial charge in [0.25, 0.3) is 0 Å². The van der Waals surface area contributed by atoms with Crippen LogP contribution in [0.15, 0.2) is 24.3 Å².